The number of ether oxygens (including phenoxy) is 1. The van der Waals surface area contributed by atoms with Crippen molar-refractivity contribution in [3.05, 3.63) is 23.8 Å². The minimum atomic E-state index is -0.291. The van der Waals surface area contributed by atoms with Crippen molar-refractivity contribution in [1.29, 1.82) is 0 Å². The van der Waals surface area contributed by atoms with Crippen LogP contribution in [0.4, 0.5) is 5.69 Å². The van der Waals surface area contributed by atoms with Gasteiger partial charge in [-0.1, -0.05) is 13.8 Å². The highest BCUT2D eigenvalue weighted by atomic mass is 35.5. The number of hydrogen-bond donors (Lipinski definition) is 3. The van der Waals surface area contributed by atoms with Gasteiger partial charge in [-0.05, 0) is 49.4 Å². The fourth-order valence-electron chi connectivity index (χ4n) is 3.00. The molecule has 7 heteroatoms. The molecule has 6 nitrogen and oxygen atoms in total. The van der Waals surface area contributed by atoms with E-state index in [0.717, 1.165) is 36.3 Å². The summed E-state index contributed by atoms with van der Waals surface area (Å²) in [5.74, 6) is 0.847. The number of carbonyl (C=O) groups is 2. The zero-order valence-electron chi connectivity index (χ0n) is 15.6. The Bertz CT molecular complexity index is 610. The highest BCUT2D eigenvalue weighted by Crippen LogP contribution is 2.26. The first-order valence-electron chi connectivity index (χ1n) is 9.08. The van der Waals surface area contributed by atoms with Crippen molar-refractivity contribution in [3.8, 4) is 5.75 Å². The van der Waals surface area contributed by atoms with Crippen molar-refractivity contribution in [2.75, 3.05) is 18.5 Å². The molecule has 0 fully saturated rings. The molecule has 146 valence electrons. The van der Waals surface area contributed by atoms with Gasteiger partial charge in [-0.2, -0.15) is 0 Å². The first kappa shape index (κ1) is 22.3. The molecule has 0 aromatic heterocycles. The van der Waals surface area contributed by atoms with Crippen LogP contribution in [0, 0.1) is 0 Å². The first-order chi connectivity index (χ1) is 12.0. The van der Waals surface area contributed by atoms with Crippen LogP contribution in [0.5, 0.6) is 5.75 Å². The van der Waals surface area contributed by atoms with E-state index < -0.39 is 0 Å². The van der Waals surface area contributed by atoms with Gasteiger partial charge in [0.1, 0.15) is 5.75 Å². The molecule has 4 N–H and O–H groups in total. The maximum atomic E-state index is 12.1. The molecule has 0 radical (unpaired) electrons. The van der Waals surface area contributed by atoms with Gasteiger partial charge in [0.25, 0.3) is 0 Å². The molecule has 1 heterocycles. The lowest BCUT2D eigenvalue weighted by Crippen LogP contribution is -2.52. The second-order valence-corrected chi connectivity index (χ2v) is 6.56. The monoisotopic (exact) mass is 383 g/mol. The number of aryl methyl sites for hydroxylation is 1. The summed E-state index contributed by atoms with van der Waals surface area (Å²) in [5, 5.41) is 5.91. The summed E-state index contributed by atoms with van der Waals surface area (Å²) >= 11 is 0. The Morgan fingerprint density at radius 2 is 2.04 bits per heavy atom. The maximum absolute atomic E-state index is 12.1. The molecular weight excluding hydrogens is 354 g/mol. The average Bonchev–Trinajstić information content (AvgIpc) is 2.63. The van der Waals surface area contributed by atoms with E-state index in [1.165, 1.54) is 0 Å². The van der Waals surface area contributed by atoms with Gasteiger partial charge in [0.2, 0.25) is 11.8 Å². The number of hydrogen-bond acceptors (Lipinski definition) is 4. The molecule has 1 aromatic carbocycles. The Balaban J connectivity index is 0.00000338. The molecular formula is C19H30ClN3O3. The highest BCUT2D eigenvalue weighted by molar-refractivity contribution is 5.94. The zero-order valence-corrected chi connectivity index (χ0v) is 16.4. The van der Waals surface area contributed by atoms with Crippen LogP contribution in [0.15, 0.2) is 18.2 Å². The van der Waals surface area contributed by atoms with Crippen molar-refractivity contribution in [3.63, 3.8) is 0 Å². The van der Waals surface area contributed by atoms with Gasteiger partial charge in [-0.25, -0.2) is 0 Å². The van der Waals surface area contributed by atoms with E-state index in [-0.39, 0.29) is 29.8 Å². The van der Waals surface area contributed by atoms with Crippen LogP contribution < -0.4 is 21.1 Å². The lowest BCUT2D eigenvalue weighted by molar-refractivity contribution is -0.123. The fraction of sp³-hybridized carbons (Fsp3) is 0.579. The number of amides is 2. The lowest BCUT2D eigenvalue weighted by Gasteiger charge is -2.31. The summed E-state index contributed by atoms with van der Waals surface area (Å²) in [7, 11) is 0. The summed E-state index contributed by atoms with van der Waals surface area (Å²) in [4.78, 5) is 23.5. The molecule has 0 unspecified atom stereocenters. The predicted octanol–water partition coefficient (Wildman–Crippen LogP) is 2.79. The van der Waals surface area contributed by atoms with Crippen molar-refractivity contribution in [2.45, 2.75) is 57.9 Å². The van der Waals surface area contributed by atoms with Crippen molar-refractivity contribution < 1.29 is 14.3 Å². The van der Waals surface area contributed by atoms with Crippen LogP contribution >= 0.6 is 12.4 Å². The van der Waals surface area contributed by atoms with Crippen LogP contribution in [0.3, 0.4) is 0 Å². The number of carbonyl (C=O) groups excluding carboxylic acids is 2. The van der Waals surface area contributed by atoms with E-state index in [0.29, 0.717) is 32.4 Å². The molecule has 2 rings (SSSR count). The molecule has 1 aliphatic rings. The Kier molecular flexibility index (Phi) is 8.88. The van der Waals surface area contributed by atoms with E-state index in [9.17, 15) is 9.59 Å². The van der Waals surface area contributed by atoms with Crippen LogP contribution in [0.25, 0.3) is 0 Å². The third kappa shape index (κ3) is 5.88. The SMILES string of the molecule is CCC(CC)(CN)NC(=O)CCCOc1ccc2c(c1)CCC(=O)N2.Cl. The van der Waals surface area contributed by atoms with E-state index in [1.54, 1.807) is 0 Å². The lowest BCUT2D eigenvalue weighted by atomic mass is 9.92. The number of rotatable bonds is 9. The highest BCUT2D eigenvalue weighted by Gasteiger charge is 2.25. The second kappa shape index (κ2) is 10.4. The molecule has 0 spiro atoms. The molecule has 1 aromatic rings. The Hall–Kier alpha value is -1.79. The van der Waals surface area contributed by atoms with E-state index in [2.05, 4.69) is 10.6 Å². The molecule has 0 bridgehead atoms. The van der Waals surface area contributed by atoms with Crippen LogP contribution in [-0.2, 0) is 16.0 Å². The van der Waals surface area contributed by atoms with Gasteiger partial charge in [0.15, 0.2) is 0 Å². The smallest absolute Gasteiger partial charge is 0.224 e. The number of nitrogens with one attached hydrogen (secondary N) is 2. The largest absolute Gasteiger partial charge is 0.494 e. The predicted molar refractivity (Wildman–Crippen MR) is 106 cm³/mol. The summed E-state index contributed by atoms with van der Waals surface area (Å²) in [6.45, 7) is 5.01. The fourth-order valence-corrected chi connectivity index (χ4v) is 3.00. The van der Waals surface area contributed by atoms with Gasteiger partial charge in [-0.3, -0.25) is 9.59 Å². The van der Waals surface area contributed by atoms with E-state index >= 15 is 0 Å². The maximum Gasteiger partial charge on any atom is 0.224 e. The minimum absolute atomic E-state index is 0. The quantitative estimate of drug-likeness (QED) is 0.571. The number of anilines is 1. The molecule has 26 heavy (non-hydrogen) atoms. The standard InChI is InChI=1S/C19H29N3O3.ClH/c1-3-19(4-2,13-20)22-18(24)6-5-11-25-15-8-9-16-14(12-15)7-10-17(23)21-16;/h8-9,12H,3-7,10-11,13,20H2,1-2H3,(H,21,23)(H,22,24);1H. The summed E-state index contributed by atoms with van der Waals surface area (Å²) < 4.78 is 5.74. The average molecular weight is 384 g/mol. The topological polar surface area (TPSA) is 93.4 Å². The zero-order chi connectivity index (χ0) is 18.3. The number of nitrogens with two attached hydrogens (primary N) is 1. The van der Waals surface area contributed by atoms with Crippen molar-refractivity contribution in [1.82, 2.24) is 5.32 Å². The number of halogens is 1. The molecule has 0 saturated heterocycles. The normalized spacial score (nSPS) is 13.3. The van der Waals surface area contributed by atoms with E-state index in [1.807, 2.05) is 32.0 Å². The molecule has 0 aliphatic carbocycles. The Morgan fingerprint density at radius 3 is 2.69 bits per heavy atom. The second-order valence-electron chi connectivity index (χ2n) is 6.56. The van der Waals surface area contributed by atoms with Gasteiger partial charge in [0, 0.05) is 25.1 Å². The Morgan fingerprint density at radius 1 is 1.31 bits per heavy atom. The van der Waals surface area contributed by atoms with Crippen LogP contribution in [0.2, 0.25) is 0 Å². The van der Waals surface area contributed by atoms with Gasteiger partial charge in [0.05, 0.1) is 12.1 Å². The first-order valence-corrected chi connectivity index (χ1v) is 9.08. The Labute approximate surface area is 161 Å². The third-order valence-electron chi connectivity index (χ3n) is 4.94. The van der Waals surface area contributed by atoms with E-state index in [4.69, 9.17) is 10.5 Å². The van der Waals surface area contributed by atoms with Crippen LogP contribution in [-0.4, -0.2) is 30.5 Å². The molecule has 2 amide bonds. The number of benzene rings is 1. The molecule has 0 saturated carbocycles. The summed E-state index contributed by atoms with van der Waals surface area (Å²) in [6, 6.07) is 5.67. The van der Waals surface area contributed by atoms with Gasteiger partial charge < -0.3 is 21.1 Å². The van der Waals surface area contributed by atoms with Crippen LogP contribution in [0.1, 0.15) is 51.5 Å². The molecule has 0 atom stereocenters. The van der Waals surface area contributed by atoms with Crippen molar-refractivity contribution in [2.24, 2.45) is 5.73 Å². The summed E-state index contributed by atoms with van der Waals surface area (Å²) in [5.41, 5.74) is 7.47. The van der Waals surface area contributed by atoms with Gasteiger partial charge >= 0.3 is 0 Å². The third-order valence-corrected chi connectivity index (χ3v) is 4.94. The number of fused-ring (bicyclic) bond motifs is 1. The van der Waals surface area contributed by atoms with Crippen molar-refractivity contribution >= 4 is 29.9 Å². The minimum Gasteiger partial charge on any atom is -0.494 e. The molecule has 1 aliphatic heterocycles. The summed E-state index contributed by atoms with van der Waals surface area (Å²) in [6.07, 6.45) is 3.96. The van der Waals surface area contributed by atoms with Gasteiger partial charge in [-0.15, -0.1) is 12.4 Å².